The molecule has 0 bridgehead atoms. The number of fused-ring (bicyclic) bond motifs is 1. The molecule has 3 aromatic carbocycles. The molecule has 118 valence electrons. The van der Waals surface area contributed by atoms with Crippen LogP contribution >= 0.6 is 11.3 Å². The number of hydrogen-bond acceptors (Lipinski definition) is 3. The summed E-state index contributed by atoms with van der Waals surface area (Å²) in [4.78, 5) is 4.19. The van der Waals surface area contributed by atoms with Crippen LogP contribution in [0, 0.1) is 11.6 Å². The number of nitrogens with zero attached hydrogens (tertiary/aromatic N) is 1. The Morgan fingerprint density at radius 1 is 0.833 bits per heavy atom. The van der Waals surface area contributed by atoms with E-state index in [1.54, 1.807) is 0 Å². The molecule has 0 aliphatic rings. The van der Waals surface area contributed by atoms with Crippen LogP contribution in [0.25, 0.3) is 21.3 Å². The topological polar surface area (TPSA) is 24.9 Å². The zero-order valence-corrected chi connectivity index (χ0v) is 13.3. The highest BCUT2D eigenvalue weighted by Crippen LogP contribution is 2.31. The van der Waals surface area contributed by atoms with Gasteiger partial charge in [0.1, 0.15) is 11.3 Å². The van der Waals surface area contributed by atoms with Gasteiger partial charge in [0, 0.05) is 11.8 Å². The molecular formula is C19H12F2N2S. The molecule has 5 heteroatoms. The van der Waals surface area contributed by atoms with Crippen molar-refractivity contribution in [3.8, 4) is 11.1 Å². The van der Waals surface area contributed by atoms with Gasteiger partial charge in [0.25, 0.3) is 0 Å². The highest BCUT2D eigenvalue weighted by molar-refractivity contribution is 7.22. The smallest absolute Gasteiger partial charge is 0.188 e. The van der Waals surface area contributed by atoms with Crippen molar-refractivity contribution in [3.63, 3.8) is 0 Å². The number of aromatic nitrogens is 1. The molecule has 1 N–H and O–H groups in total. The van der Waals surface area contributed by atoms with E-state index in [1.165, 1.54) is 17.4 Å². The van der Waals surface area contributed by atoms with Crippen molar-refractivity contribution in [2.75, 3.05) is 5.32 Å². The SMILES string of the molecule is Fc1cc(F)c2nc(Nc3ccc(-c4ccccc4)cc3)sc2c1. The Morgan fingerprint density at radius 2 is 1.54 bits per heavy atom. The Balaban J connectivity index is 1.60. The molecule has 0 atom stereocenters. The van der Waals surface area contributed by atoms with Crippen LogP contribution in [0.15, 0.2) is 66.7 Å². The Labute approximate surface area is 141 Å². The number of benzene rings is 3. The Morgan fingerprint density at radius 3 is 2.29 bits per heavy atom. The second-order valence-corrected chi connectivity index (χ2v) is 6.35. The molecule has 0 saturated heterocycles. The van der Waals surface area contributed by atoms with E-state index in [9.17, 15) is 8.78 Å². The molecule has 24 heavy (non-hydrogen) atoms. The third-order valence-electron chi connectivity index (χ3n) is 3.66. The fourth-order valence-electron chi connectivity index (χ4n) is 2.51. The molecule has 0 aliphatic carbocycles. The van der Waals surface area contributed by atoms with Crippen LogP contribution in [0.4, 0.5) is 19.6 Å². The number of anilines is 2. The highest BCUT2D eigenvalue weighted by Gasteiger charge is 2.10. The molecular weight excluding hydrogens is 326 g/mol. The first-order valence-corrected chi connectivity index (χ1v) is 8.19. The minimum atomic E-state index is -0.645. The minimum absolute atomic E-state index is 0.185. The lowest BCUT2D eigenvalue weighted by Gasteiger charge is -2.05. The van der Waals surface area contributed by atoms with Gasteiger partial charge in [-0.25, -0.2) is 13.8 Å². The first-order chi connectivity index (χ1) is 11.7. The average Bonchev–Trinajstić information content (AvgIpc) is 2.99. The molecule has 0 amide bonds. The van der Waals surface area contributed by atoms with Gasteiger partial charge >= 0.3 is 0 Å². The van der Waals surface area contributed by atoms with Crippen LogP contribution in [0.3, 0.4) is 0 Å². The first-order valence-electron chi connectivity index (χ1n) is 7.37. The number of rotatable bonds is 3. The third kappa shape index (κ3) is 2.86. The van der Waals surface area contributed by atoms with Crippen molar-refractivity contribution in [3.05, 3.63) is 78.4 Å². The van der Waals surface area contributed by atoms with Crippen LogP contribution in [-0.2, 0) is 0 Å². The van der Waals surface area contributed by atoms with Crippen molar-refractivity contribution in [2.24, 2.45) is 0 Å². The fraction of sp³-hybridized carbons (Fsp3) is 0. The summed E-state index contributed by atoms with van der Waals surface area (Å²) in [5.74, 6) is -1.24. The molecule has 0 saturated carbocycles. The zero-order chi connectivity index (χ0) is 16.5. The second kappa shape index (κ2) is 6.02. The predicted molar refractivity (Wildman–Crippen MR) is 94.7 cm³/mol. The normalized spacial score (nSPS) is 10.9. The summed E-state index contributed by atoms with van der Waals surface area (Å²) in [6.07, 6.45) is 0. The van der Waals surface area contributed by atoms with Gasteiger partial charge < -0.3 is 5.32 Å². The molecule has 4 rings (SSSR count). The summed E-state index contributed by atoms with van der Waals surface area (Å²) >= 11 is 1.22. The quantitative estimate of drug-likeness (QED) is 0.497. The molecule has 1 aromatic heterocycles. The van der Waals surface area contributed by atoms with Gasteiger partial charge in [-0.15, -0.1) is 0 Å². The van der Waals surface area contributed by atoms with Crippen LogP contribution in [0.1, 0.15) is 0 Å². The van der Waals surface area contributed by atoms with Gasteiger partial charge in [0.2, 0.25) is 0 Å². The van der Waals surface area contributed by atoms with E-state index in [0.717, 1.165) is 22.9 Å². The van der Waals surface area contributed by atoms with Crippen molar-refractivity contribution in [1.29, 1.82) is 0 Å². The summed E-state index contributed by atoms with van der Waals surface area (Å²) in [5, 5.41) is 3.67. The molecule has 4 aromatic rings. The Kier molecular flexibility index (Phi) is 3.70. The minimum Gasteiger partial charge on any atom is -0.332 e. The van der Waals surface area contributed by atoms with Gasteiger partial charge in [0.15, 0.2) is 10.9 Å². The number of halogens is 2. The van der Waals surface area contributed by atoms with Crippen molar-refractivity contribution in [1.82, 2.24) is 4.98 Å². The van der Waals surface area contributed by atoms with E-state index >= 15 is 0 Å². The Bertz CT molecular complexity index is 995. The van der Waals surface area contributed by atoms with Crippen molar-refractivity contribution >= 4 is 32.4 Å². The summed E-state index contributed by atoms with van der Waals surface area (Å²) < 4.78 is 27.5. The lowest BCUT2D eigenvalue weighted by Crippen LogP contribution is -1.89. The maximum Gasteiger partial charge on any atom is 0.188 e. The van der Waals surface area contributed by atoms with Crippen LogP contribution in [0.2, 0.25) is 0 Å². The number of nitrogens with one attached hydrogen (secondary N) is 1. The van der Waals surface area contributed by atoms with Crippen LogP contribution in [-0.4, -0.2) is 4.98 Å². The monoisotopic (exact) mass is 338 g/mol. The van der Waals surface area contributed by atoms with Gasteiger partial charge in [-0.1, -0.05) is 53.8 Å². The molecule has 0 spiro atoms. The summed E-state index contributed by atoms with van der Waals surface area (Å²) in [6, 6.07) is 20.1. The maximum absolute atomic E-state index is 13.7. The highest BCUT2D eigenvalue weighted by atomic mass is 32.1. The van der Waals surface area contributed by atoms with E-state index in [1.807, 2.05) is 54.6 Å². The van der Waals surface area contributed by atoms with Crippen molar-refractivity contribution in [2.45, 2.75) is 0 Å². The van der Waals surface area contributed by atoms with Crippen LogP contribution in [0.5, 0.6) is 0 Å². The van der Waals surface area contributed by atoms with Crippen LogP contribution < -0.4 is 5.32 Å². The number of hydrogen-bond donors (Lipinski definition) is 1. The van der Waals surface area contributed by atoms with Gasteiger partial charge in [-0.2, -0.15) is 0 Å². The lowest BCUT2D eigenvalue weighted by molar-refractivity contribution is 0.591. The lowest BCUT2D eigenvalue weighted by atomic mass is 10.1. The molecule has 1 heterocycles. The summed E-state index contributed by atoms with van der Waals surface area (Å²) in [6.45, 7) is 0. The van der Waals surface area contributed by atoms with Crippen molar-refractivity contribution < 1.29 is 8.78 Å². The van der Waals surface area contributed by atoms with E-state index in [4.69, 9.17) is 0 Å². The van der Waals surface area contributed by atoms with E-state index in [-0.39, 0.29) is 5.52 Å². The standard InChI is InChI=1S/C19H12F2N2S/c20-14-10-16(21)18-17(11-14)24-19(23-18)22-15-8-6-13(7-9-15)12-4-2-1-3-5-12/h1-11H,(H,22,23). The summed E-state index contributed by atoms with van der Waals surface area (Å²) in [5.41, 5.74) is 3.28. The zero-order valence-electron chi connectivity index (χ0n) is 12.5. The third-order valence-corrected chi connectivity index (χ3v) is 4.57. The average molecular weight is 338 g/mol. The first kappa shape index (κ1) is 14.8. The second-order valence-electron chi connectivity index (χ2n) is 5.32. The van der Waals surface area contributed by atoms with Gasteiger partial charge in [0.05, 0.1) is 4.70 Å². The number of thiazole rings is 1. The van der Waals surface area contributed by atoms with Gasteiger partial charge in [-0.05, 0) is 29.3 Å². The predicted octanol–water partition coefficient (Wildman–Crippen LogP) is 5.99. The largest absolute Gasteiger partial charge is 0.332 e. The van der Waals surface area contributed by atoms with E-state index < -0.39 is 11.6 Å². The van der Waals surface area contributed by atoms with Gasteiger partial charge in [-0.3, -0.25) is 0 Å². The molecule has 0 unspecified atom stereocenters. The Hall–Kier alpha value is -2.79. The molecule has 0 fully saturated rings. The summed E-state index contributed by atoms with van der Waals surface area (Å²) in [7, 11) is 0. The maximum atomic E-state index is 13.7. The molecule has 0 aliphatic heterocycles. The fourth-order valence-corrected chi connectivity index (χ4v) is 3.44. The van der Waals surface area contributed by atoms with E-state index in [2.05, 4.69) is 10.3 Å². The van der Waals surface area contributed by atoms with E-state index in [0.29, 0.717) is 9.83 Å². The molecule has 2 nitrogen and oxygen atoms in total. The molecule has 0 radical (unpaired) electrons.